The molecule has 0 spiro atoms. The molecule has 6 aliphatic carbocycles. The van der Waals surface area contributed by atoms with Gasteiger partial charge in [-0.2, -0.15) is 13.2 Å². The van der Waals surface area contributed by atoms with Gasteiger partial charge in [0.05, 0.1) is 37.1 Å². The van der Waals surface area contributed by atoms with Crippen molar-refractivity contribution in [3.8, 4) is 0 Å². The molecule has 6 fully saturated rings. The summed E-state index contributed by atoms with van der Waals surface area (Å²) in [6.07, 6.45) is 14.2. The number of aromatic nitrogens is 15. The molecule has 0 saturated heterocycles. The first-order valence-electron chi connectivity index (χ1n) is 44.3. The summed E-state index contributed by atoms with van der Waals surface area (Å²) in [5, 5.41) is 45.3. The molecular weight excluding hydrogens is 1630 g/mol. The molecule has 10 aromatic heterocycles. The molecule has 4 atom stereocenters. The zero-order chi connectivity index (χ0) is 89.8. The highest BCUT2D eigenvalue weighted by Gasteiger charge is 2.43. The fourth-order valence-corrected chi connectivity index (χ4v) is 16.6. The Labute approximate surface area is 735 Å². The Morgan fingerprint density at radius 3 is 1.16 bits per heavy atom. The van der Waals surface area contributed by atoms with Crippen LogP contribution in [0.5, 0.6) is 0 Å². The molecule has 2 aromatic carbocycles. The molecule has 668 valence electrons. The Morgan fingerprint density at radius 2 is 0.810 bits per heavy atom. The SMILES string of the molecule is CCC(C)(C)[C@H](C)C(=O)Nc1nc2ccc(C(F)(F)F)nc2n1C1CCC1.Cc1cc(Cl)nc2c1nc(NC(=O)CC(C)(C)O)n2C1CCC1.Cc1ccc2nc(NC(=O)C[C@@H](O)c3ccccc3)n(C3CCC3)c2n1.Cc1ccc2nc(NC(=O)C[C@H](O)c3ccccc3)n(C3CCC3)c2n1.Cc1ccc2nc(NC(=O)[C@@H](C)C3(C)CCC3)n(C3CCC3)c2n1. The Kier molecular flexibility index (Phi) is 27.6. The number of nitrogens with zero attached hydrogens (tertiary/aromatic N) is 15. The first-order chi connectivity index (χ1) is 60.0. The Hall–Kier alpha value is -11.2. The molecule has 0 bridgehead atoms. The van der Waals surface area contributed by atoms with E-state index in [9.17, 15) is 52.5 Å². The molecule has 5 amide bonds. The number of pyridine rings is 5. The van der Waals surface area contributed by atoms with E-state index < -0.39 is 29.7 Å². The van der Waals surface area contributed by atoms with Crippen LogP contribution in [0, 0.1) is 50.4 Å². The van der Waals surface area contributed by atoms with E-state index >= 15 is 0 Å². The molecule has 6 saturated carbocycles. The third kappa shape index (κ3) is 20.7. The molecule has 0 radical (unpaired) electrons. The number of amides is 5. The normalized spacial score (nSPS) is 17.0. The van der Waals surface area contributed by atoms with Gasteiger partial charge in [0, 0.05) is 59.1 Å². The van der Waals surface area contributed by atoms with Crippen LogP contribution in [0.2, 0.25) is 5.15 Å². The van der Waals surface area contributed by atoms with Gasteiger partial charge in [0.25, 0.3) is 0 Å². The number of benzene rings is 2. The van der Waals surface area contributed by atoms with E-state index in [0.29, 0.717) is 58.2 Å². The molecule has 6 aliphatic rings. The lowest BCUT2D eigenvalue weighted by Gasteiger charge is -2.42. The molecule has 126 heavy (non-hydrogen) atoms. The minimum absolute atomic E-state index is 0.00797. The third-order valence-electron chi connectivity index (χ3n) is 26.2. The quantitative estimate of drug-likeness (QED) is 0.0276. The zero-order valence-electron chi connectivity index (χ0n) is 73.8. The number of aliphatic hydroxyl groups is 3. The van der Waals surface area contributed by atoms with Crippen LogP contribution in [0.4, 0.5) is 42.9 Å². The summed E-state index contributed by atoms with van der Waals surface area (Å²) in [5.41, 5.74) is 10.1. The summed E-state index contributed by atoms with van der Waals surface area (Å²) >= 11 is 6.09. The topological polar surface area (TPSA) is 360 Å². The van der Waals surface area contributed by atoms with Crippen LogP contribution in [0.25, 0.3) is 55.8 Å². The van der Waals surface area contributed by atoms with Crippen molar-refractivity contribution in [3.05, 3.63) is 160 Å². The van der Waals surface area contributed by atoms with Crippen molar-refractivity contribution in [2.24, 2.45) is 22.7 Å². The smallest absolute Gasteiger partial charge is 0.390 e. The van der Waals surface area contributed by atoms with E-state index in [0.717, 1.165) is 175 Å². The number of alkyl halides is 3. The number of anilines is 5. The van der Waals surface area contributed by atoms with E-state index in [-0.39, 0.29) is 95.1 Å². The highest BCUT2D eigenvalue weighted by molar-refractivity contribution is 6.29. The van der Waals surface area contributed by atoms with Crippen LogP contribution < -0.4 is 26.6 Å². The molecule has 28 nitrogen and oxygen atoms in total. The lowest BCUT2D eigenvalue weighted by Crippen LogP contribution is -2.40. The zero-order valence-corrected chi connectivity index (χ0v) is 74.6. The van der Waals surface area contributed by atoms with Gasteiger partial charge in [-0.25, -0.2) is 49.8 Å². The lowest BCUT2D eigenvalue weighted by molar-refractivity contribution is -0.141. The maximum atomic E-state index is 13.1. The predicted octanol–water partition coefficient (Wildman–Crippen LogP) is 19.7. The van der Waals surface area contributed by atoms with Crippen molar-refractivity contribution in [1.82, 2.24) is 72.7 Å². The van der Waals surface area contributed by atoms with Gasteiger partial charge in [0.15, 0.2) is 28.2 Å². The lowest BCUT2D eigenvalue weighted by atomic mass is 9.63. The Balaban J connectivity index is 0.000000128. The number of imidazole rings is 5. The van der Waals surface area contributed by atoms with Crippen LogP contribution in [0.1, 0.15) is 279 Å². The van der Waals surface area contributed by atoms with Gasteiger partial charge in [-0.1, -0.05) is 127 Å². The molecule has 32 heteroatoms. The summed E-state index contributed by atoms with van der Waals surface area (Å²) in [4.78, 5) is 107. The molecule has 8 N–H and O–H groups in total. The summed E-state index contributed by atoms with van der Waals surface area (Å²) in [5.74, 6) is 1.35. The number of carbonyl (C=O) groups is 5. The van der Waals surface area contributed by atoms with E-state index in [1.165, 1.54) is 31.7 Å². The highest BCUT2D eigenvalue weighted by atomic mass is 35.5. The molecule has 12 aromatic rings. The number of aliphatic hydroxyl groups excluding tert-OH is 2. The second-order valence-electron chi connectivity index (χ2n) is 36.5. The number of nitrogens with one attached hydrogen (secondary N) is 5. The second kappa shape index (κ2) is 38.2. The largest absolute Gasteiger partial charge is 0.433 e. The maximum absolute atomic E-state index is 13.1. The molecule has 0 aliphatic heterocycles. The summed E-state index contributed by atoms with van der Waals surface area (Å²) in [7, 11) is 0. The maximum Gasteiger partial charge on any atom is 0.433 e. The van der Waals surface area contributed by atoms with Crippen molar-refractivity contribution < 1.29 is 52.5 Å². The van der Waals surface area contributed by atoms with Crippen LogP contribution in [0.3, 0.4) is 0 Å². The minimum Gasteiger partial charge on any atom is -0.390 e. The van der Waals surface area contributed by atoms with E-state index in [1.54, 1.807) is 24.5 Å². The molecule has 10 heterocycles. The first-order valence-corrected chi connectivity index (χ1v) is 44.7. The number of hydrogen-bond acceptors (Lipinski definition) is 18. The van der Waals surface area contributed by atoms with Gasteiger partial charge >= 0.3 is 6.18 Å². The van der Waals surface area contributed by atoms with Gasteiger partial charge in [0.1, 0.15) is 38.4 Å². The van der Waals surface area contributed by atoms with Crippen molar-refractivity contribution in [3.63, 3.8) is 0 Å². The summed E-state index contributed by atoms with van der Waals surface area (Å²) in [6.45, 7) is 23.2. The number of halogens is 4. The number of carbonyl (C=O) groups excluding carboxylic acids is 5. The van der Waals surface area contributed by atoms with E-state index in [4.69, 9.17) is 11.6 Å². The average molecular weight is 1750 g/mol. The van der Waals surface area contributed by atoms with Gasteiger partial charge in [-0.3, -0.25) is 73.4 Å². The van der Waals surface area contributed by atoms with Gasteiger partial charge in [-0.15, -0.1) is 0 Å². The fourth-order valence-electron chi connectivity index (χ4n) is 16.3. The third-order valence-corrected chi connectivity index (χ3v) is 26.4. The standard InChI is InChI=1S/2C20H22N4O2.C19H25F3N4O.C19H26N4O.C16H21ClN4O2/c2*1-13-10-11-16-19(21-13)24(15-8-5-9-15)20(22-16)23-18(26)12-17(25)14-6-3-2-4-7-14;1-5-18(3,4)11(2)16(27)25-17-23-13-9-10-14(19(20,21)22)24-15(13)26(17)12-7-6-8-12;1-12-8-9-15-16(20-12)23(14-6-4-7-14)18(21-15)22-17(24)13(2)19(3)10-5-11-19;1-9-7-11(17)18-14-13(9)20-15(21(14)10-5-4-6-10)19-12(22)8-16(2,3)23/h2*2-4,6-7,10-11,15,17,25H,5,8-9,12H2,1H3,(H,22,23,26);9-12H,5-8H2,1-4H3,(H,23,25,27);8-9,13-14H,4-7,10-11H2,1-3H3,(H,21,22,24);7,10,23H,4-6,8H2,1-3H3,(H,19,20,22)/t2*17-;11-;13-;/m1011./s1. The van der Waals surface area contributed by atoms with Crippen LogP contribution >= 0.6 is 11.6 Å². The second-order valence-corrected chi connectivity index (χ2v) is 36.9. The van der Waals surface area contributed by atoms with E-state index in [1.807, 2.05) is 173 Å². The van der Waals surface area contributed by atoms with E-state index in [2.05, 4.69) is 87.9 Å². The highest BCUT2D eigenvalue weighted by Crippen LogP contribution is 2.48. The summed E-state index contributed by atoms with van der Waals surface area (Å²) in [6, 6.07) is 35.4. The summed E-state index contributed by atoms with van der Waals surface area (Å²) < 4.78 is 49.1. The van der Waals surface area contributed by atoms with Crippen molar-refractivity contribution >= 4 is 127 Å². The predicted molar refractivity (Wildman–Crippen MR) is 481 cm³/mol. The number of fused-ring (bicyclic) bond motifs is 5. The molecule has 0 unspecified atom stereocenters. The first kappa shape index (κ1) is 91.1. The number of aryl methyl sites for hydroxylation is 4. The van der Waals surface area contributed by atoms with Gasteiger partial charge in [-0.05, 0) is 233 Å². The average Bonchev–Trinajstić information content (AvgIpc) is 1.62. The van der Waals surface area contributed by atoms with Gasteiger partial charge < -0.3 is 15.3 Å². The Morgan fingerprint density at radius 1 is 0.460 bits per heavy atom. The minimum atomic E-state index is -4.52. The van der Waals surface area contributed by atoms with Crippen molar-refractivity contribution in [2.75, 3.05) is 26.6 Å². The van der Waals surface area contributed by atoms with Crippen molar-refractivity contribution in [2.45, 2.75) is 279 Å². The van der Waals surface area contributed by atoms with Gasteiger partial charge in [0.2, 0.25) is 59.3 Å². The Bertz CT molecular complexity index is 5780. The van der Waals surface area contributed by atoms with Crippen LogP contribution in [-0.2, 0) is 30.1 Å². The fraction of sp³-hybridized carbons (Fsp3) is 0.500. The molecule has 18 rings (SSSR count). The number of hydrogen-bond donors (Lipinski definition) is 8. The number of rotatable bonds is 23. The van der Waals surface area contributed by atoms with Crippen LogP contribution in [0.15, 0.2) is 115 Å². The van der Waals surface area contributed by atoms with Crippen molar-refractivity contribution in [1.29, 1.82) is 0 Å². The van der Waals surface area contributed by atoms with Crippen LogP contribution in [-0.4, -0.2) is 123 Å². The monoisotopic (exact) mass is 1740 g/mol. The molecular formula is C94H116ClF3N20O8.